The van der Waals surface area contributed by atoms with Crippen molar-refractivity contribution < 1.29 is 9.90 Å². The van der Waals surface area contributed by atoms with Crippen LogP contribution in [-0.4, -0.2) is 23.7 Å². The first-order valence-corrected chi connectivity index (χ1v) is 4.17. The number of benzene rings is 1. The second-order valence-electron chi connectivity index (χ2n) is 2.89. The third-order valence-electron chi connectivity index (χ3n) is 1.78. The number of primary amides is 1. The lowest BCUT2D eigenvalue weighted by Crippen LogP contribution is -2.34. The molecular formula is C9H13N3O2. The van der Waals surface area contributed by atoms with Crippen LogP contribution < -0.4 is 16.8 Å². The Labute approximate surface area is 81.7 Å². The first kappa shape index (κ1) is 10.3. The monoisotopic (exact) mass is 195 g/mol. The van der Waals surface area contributed by atoms with Crippen molar-refractivity contribution in [2.45, 2.75) is 6.10 Å². The molecule has 0 bridgehead atoms. The normalized spacial score (nSPS) is 12.1. The van der Waals surface area contributed by atoms with Crippen LogP contribution in [0, 0.1) is 0 Å². The van der Waals surface area contributed by atoms with Gasteiger partial charge in [-0.1, -0.05) is 12.1 Å². The predicted octanol–water partition coefficient (Wildman–Crippen LogP) is -0.473. The number of aliphatic hydroxyl groups excluding tert-OH is 1. The summed E-state index contributed by atoms with van der Waals surface area (Å²) < 4.78 is 0. The van der Waals surface area contributed by atoms with Crippen molar-refractivity contribution in [3.8, 4) is 0 Å². The van der Waals surface area contributed by atoms with Gasteiger partial charge in [-0.25, -0.2) is 0 Å². The van der Waals surface area contributed by atoms with E-state index in [2.05, 4.69) is 5.32 Å². The molecule has 0 radical (unpaired) electrons. The molecule has 0 fully saturated rings. The molecule has 5 heteroatoms. The van der Waals surface area contributed by atoms with Gasteiger partial charge in [-0.2, -0.15) is 0 Å². The maximum atomic E-state index is 10.5. The SMILES string of the molecule is NC(=O)C(O)CNc1ccccc1N. The highest BCUT2D eigenvalue weighted by Crippen LogP contribution is 2.16. The Morgan fingerprint density at radius 3 is 2.71 bits per heavy atom. The lowest BCUT2D eigenvalue weighted by atomic mass is 10.2. The average molecular weight is 195 g/mol. The highest BCUT2D eigenvalue weighted by Gasteiger charge is 2.10. The first-order valence-electron chi connectivity index (χ1n) is 4.17. The number of hydrogen-bond donors (Lipinski definition) is 4. The van der Waals surface area contributed by atoms with Gasteiger partial charge in [-0.3, -0.25) is 4.79 Å². The van der Waals surface area contributed by atoms with Crippen molar-refractivity contribution in [1.82, 2.24) is 0 Å². The van der Waals surface area contributed by atoms with Crippen molar-refractivity contribution in [3.05, 3.63) is 24.3 Å². The molecule has 0 aliphatic carbocycles. The van der Waals surface area contributed by atoms with E-state index in [9.17, 15) is 4.79 Å². The van der Waals surface area contributed by atoms with Gasteiger partial charge in [0.2, 0.25) is 5.91 Å². The number of carbonyl (C=O) groups excluding carboxylic acids is 1. The van der Waals surface area contributed by atoms with E-state index >= 15 is 0 Å². The van der Waals surface area contributed by atoms with E-state index < -0.39 is 12.0 Å². The van der Waals surface area contributed by atoms with E-state index in [1.807, 2.05) is 0 Å². The second kappa shape index (κ2) is 4.48. The van der Waals surface area contributed by atoms with Gasteiger partial charge < -0.3 is 21.9 Å². The molecule has 1 aromatic carbocycles. The average Bonchev–Trinajstić information content (AvgIpc) is 2.16. The highest BCUT2D eigenvalue weighted by molar-refractivity contribution is 5.79. The number of nitrogens with two attached hydrogens (primary N) is 2. The molecule has 0 aliphatic rings. The van der Waals surface area contributed by atoms with Crippen LogP contribution >= 0.6 is 0 Å². The van der Waals surface area contributed by atoms with Crippen molar-refractivity contribution in [3.63, 3.8) is 0 Å². The second-order valence-corrected chi connectivity index (χ2v) is 2.89. The molecule has 0 spiro atoms. The third kappa shape index (κ3) is 2.63. The maximum absolute atomic E-state index is 10.5. The number of aliphatic hydroxyl groups is 1. The summed E-state index contributed by atoms with van der Waals surface area (Å²) in [6, 6.07) is 7.07. The van der Waals surface area contributed by atoms with Gasteiger partial charge in [0.1, 0.15) is 6.10 Å². The summed E-state index contributed by atoms with van der Waals surface area (Å²) in [5, 5.41) is 11.9. The summed E-state index contributed by atoms with van der Waals surface area (Å²) in [6.07, 6.45) is -1.20. The van der Waals surface area contributed by atoms with Crippen LogP contribution in [-0.2, 0) is 4.79 Å². The fourth-order valence-corrected chi connectivity index (χ4v) is 0.965. The summed E-state index contributed by atoms with van der Waals surface area (Å²) in [4.78, 5) is 10.5. The Kier molecular flexibility index (Phi) is 3.30. The molecule has 6 N–H and O–H groups in total. The van der Waals surface area contributed by atoms with Crippen LogP contribution in [0.4, 0.5) is 11.4 Å². The molecule has 1 amide bonds. The Morgan fingerprint density at radius 2 is 2.14 bits per heavy atom. The minimum Gasteiger partial charge on any atom is -0.397 e. The number of anilines is 2. The molecule has 0 aliphatic heterocycles. The lowest BCUT2D eigenvalue weighted by Gasteiger charge is -2.11. The van der Waals surface area contributed by atoms with Crippen molar-refractivity contribution in [2.75, 3.05) is 17.6 Å². The fraction of sp³-hybridized carbons (Fsp3) is 0.222. The van der Waals surface area contributed by atoms with E-state index in [-0.39, 0.29) is 6.54 Å². The highest BCUT2D eigenvalue weighted by atomic mass is 16.3. The van der Waals surface area contributed by atoms with Gasteiger partial charge in [0.25, 0.3) is 0 Å². The van der Waals surface area contributed by atoms with Crippen molar-refractivity contribution >= 4 is 17.3 Å². The minimum absolute atomic E-state index is 0.0591. The zero-order valence-corrected chi connectivity index (χ0v) is 7.60. The largest absolute Gasteiger partial charge is 0.397 e. The predicted molar refractivity (Wildman–Crippen MR) is 54.5 cm³/mol. The molecule has 0 heterocycles. The number of amides is 1. The molecule has 1 unspecified atom stereocenters. The smallest absolute Gasteiger partial charge is 0.248 e. The molecule has 76 valence electrons. The van der Waals surface area contributed by atoms with Crippen LogP contribution in [0.5, 0.6) is 0 Å². The molecule has 0 saturated carbocycles. The summed E-state index contributed by atoms with van der Waals surface area (Å²) in [6.45, 7) is 0.0591. The quantitative estimate of drug-likeness (QED) is 0.488. The molecule has 1 aromatic rings. The van der Waals surface area contributed by atoms with Crippen LogP contribution in [0.2, 0.25) is 0 Å². The molecular weight excluding hydrogens is 182 g/mol. The Hall–Kier alpha value is -1.75. The number of hydrogen-bond acceptors (Lipinski definition) is 4. The van der Waals surface area contributed by atoms with Crippen LogP contribution in [0.15, 0.2) is 24.3 Å². The summed E-state index contributed by atoms with van der Waals surface area (Å²) >= 11 is 0. The maximum Gasteiger partial charge on any atom is 0.248 e. The molecule has 0 aromatic heterocycles. The van der Waals surface area contributed by atoms with Crippen molar-refractivity contribution in [2.24, 2.45) is 5.73 Å². The van der Waals surface area contributed by atoms with Gasteiger partial charge in [0, 0.05) is 6.54 Å². The third-order valence-corrected chi connectivity index (χ3v) is 1.78. The Balaban J connectivity index is 2.54. The van der Waals surface area contributed by atoms with Gasteiger partial charge in [-0.15, -0.1) is 0 Å². The van der Waals surface area contributed by atoms with Crippen LogP contribution in [0.25, 0.3) is 0 Å². The van der Waals surface area contributed by atoms with Gasteiger partial charge in [0.15, 0.2) is 0 Å². The van der Waals surface area contributed by atoms with E-state index in [0.717, 1.165) is 0 Å². The van der Waals surface area contributed by atoms with Gasteiger partial charge >= 0.3 is 0 Å². The number of para-hydroxylation sites is 2. The summed E-state index contributed by atoms with van der Waals surface area (Å²) in [5.74, 6) is -0.757. The minimum atomic E-state index is -1.20. The van der Waals surface area contributed by atoms with E-state index in [1.165, 1.54) is 0 Å². The van der Waals surface area contributed by atoms with Crippen LogP contribution in [0.3, 0.4) is 0 Å². The number of carbonyl (C=O) groups is 1. The molecule has 1 atom stereocenters. The topological polar surface area (TPSA) is 101 Å². The molecule has 14 heavy (non-hydrogen) atoms. The van der Waals surface area contributed by atoms with E-state index in [4.69, 9.17) is 16.6 Å². The van der Waals surface area contributed by atoms with Gasteiger partial charge in [0.05, 0.1) is 11.4 Å². The molecule has 1 rings (SSSR count). The zero-order valence-electron chi connectivity index (χ0n) is 7.60. The standard InChI is InChI=1S/C9H13N3O2/c10-6-3-1-2-4-7(6)12-5-8(13)9(11)14/h1-4,8,12-13H,5,10H2,(H2,11,14). The summed E-state index contributed by atoms with van der Waals surface area (Å²) in [5.41, 5.74) is 11.7. The molecule has 5 nitrogen and oxygen atoms in total. The molecule has 0 saturated heterocycles. The van der Waals surface area contributed by atoms with Crippen LogP contribution in [0.1, 0.15) is 0 Å². The van der Waals surface area contributed by atoms with Crippen molar-refractivity contribution in [1.29, 1.82) is 0 Å². The number of nitrogens with one attached hydrogen (secondary N) is 1. The Morgan fingerprint density at radius 1 is 1.50 bits per heavy atom. The first-order chi connectivity index (χ1) is 6.61. The van der Waals surface area contributed by atoms with E-state index in [0.29, 0.717) is 11.4 Å². The van der Waals surface area contributed by atoms with Gasteiger partial charge in [-0.05, 0) is 12.1 Å². The fourth-order valence-electron chi connectivity index (χ4n) is 0.965. The number of nitrogen functional groups attached to an aromatic ring is 1. The Bertz CT molecular complexity index is 328. The zero-order chi connectivity index (χ0) is 10.6. The summed E-state index contributed by atoms with van der Waals surface area (Å²) in [7, 11) is 0. The lowest BCUT2D eigenvalue weighted by molar-refractivity contribution is -0.125. The number of rotatable bonds is 4. The van der Waals surface area contributed by atoms with E-state index in [1.54, 1.807) is 24.3 Å².